The fraction of sp³-hybridized carbons (Fsp3) is 0.381. The van der Waals surface area contributed by atoms with E-state index in [9.17, 15) is 18.0 Å². The molecule has 2 aromatic carbocycles. The molecule has 1 fully saturated rings. The third-order valence-electron chi connectivity index (χ3n) is 4.80. The molecule has 29 heavy (non-hydrogen) atoms. The fourth-order valence-electron chi connectivity index (χ4n) is 3.26. The normalized spacial score (nSPS) is 17.3. The van der Waals surface area contributed by atoms with E-state index in [4.69, 9.17) is 14.6 Å². The van der Waals surface area contributed by atoms with Gasteiger partial charge in [0.25, 0.3) is 0 Å². The van der Waals surface area contributed by atoms with Crippen molar-refractivity contribution in [3.8, 4) is 17.2 Å². The van der Waals surface area contributed by atoms with E-state index in [0.717, 1.165) is 31.5 Å². The van der Waals surface area contributed by atoms with Crippen molar-refractivity contribution in [1.82, 2.24) is 4.90 Å². The lowest BCUT2D eigenvalue weighted by atomic mass is 10.2. The molecule has 0 unspecified atom stereocenters. The standard InChI is InChI=1S/C21H22F3NO4/c22-21(23,24)15-3-5-18(6-4-15)29-19-9-7-17(8-10-19)28-14-16-2-1-12-25(16)13-11-20(26)27/h3-10,16H,1-2,11-14H2,(H,26,27)/t16-/m0/s1. The minimum atomic E-state index is -4.37. The molecule has 1 saturated heterocycles. The second-order valence-corrected chi connectivity index (χ2v) is 6.88. The monoisotopic (exact) mass is 409 g/mol. The van der Waals surface area contributed by atoms with Gasteiger partial charge in [0.1, 0.15) is 23.9 Å². The van der Waals surface area contributed by atoms with Gasteiger partial charge in [0, 0.05) is 12.6 Å². The number of alkyl halides is 3. The van der Waals surface area contributed by atoms with Gasteiger partial charge in [-0.2, -0.15) is 13.2 Å². The van der Waals surface area contributed by atoms with Gasteiger partial charge in [0.05, 0.1) is 12.0 Å². The first-order chi connectivity index (χ1) is 13.8. The SMILES string of the molecule is O=C(O)CCN1CCC[C@H]1COc1ccc(Oc2ccc(C(F)(F)F)cc2)cc1. The van der Waals surface area contributed by atoms with E-state index in [1.54, 1.807) is 24.3 Å². The molecule has 2 aromatic rings. The van der Waals surface area contributed by atoms with Gasteiger partial charge in [-0.3, -0.25) is 9.69 Å². The smallest absolute Gasteiger partial charge is 0.416 e. The van der Waals surface area contributed by atoms with Crippen LogP contribution in [0.1, 0.15) is 24.8 Å². The first-order valence-corrected chi connectivity index (χ1v) is 9.35. The number of benzene rings is 2. The second kappa shape index (κ2) is 9.17. The summed E-state index contributed by atoms with van der Waals surface area (Å²) >= 11 is 0. The fourth-order valence-corrected chi connectivity index (χ4v) is 3.26. The summed E-state index contributed by atoms with van der Waals surface area (Å²) < 4.78 is 49.2. The molecule has 0 bridgehead atoms. The van der Waals surface area contributed by atoms with E-state index in [2.05, 4.69) is 4.90 Å². The van der Waals surface area contributed by atoms with Crippen molar-refractivity contribution in [2.24, 2.45) is 0 Å². The van der Waals surface area contributed by atoms with Gasteiger partial charge >= 0.3 is 12.1 Å². The molecule has 0 aliphatic carbocycles. The molecular weight excluding hydrogens is 387 g/mol. The number of rotatable bonds is 8. The molecule has 1 aliphatic rings. The Balaban J connectivity index is 1.50. The number of carboxylic acid groups (broad SMARTS) is 1. The number of ether oxygens (including phenoxy) is 2. The van der Waals surface area contributed by atoms with E-state index in [1.165, 1.54) is 12.1 Å². The van der Waals surface area contributed by atoms with Gasteiger partial charge in [-0.15, -0.1) is 0 Å². The first-order valence-electron chi connectivity index (χ1n) is 9.35. The molecule has 0 saturated carbocycles. The van der Waals surface area contributed by atoms with Crippen LogP contribution in [-0.4, -0.2) is 41.7 Å². The number of halogens is 3. The van der Waals surface area contributed by atoms with Gasteiger partial charge in [-0.25, -0.2) is 0 Å². The quantitative estimate of drug-likeness (QED) is 0.678. The summed E-state index contributed by atoms with van der Waals surface area (Å²) in [6.45, 7) is 1.86. The largest absolute Gasteiger partial charge is 0.492 e. The molecule has 5 nitrogen and oxygen atoms in total. The summed E-state index contributed by atoms with van der Waals surface area (Å²) in [5.74, 6) is 0.641. The van der Waals surface area contributed by atoms with Crippen LogP contribution in [0, 0.1) is 0 Å². The lowest BCUT2D eigenvalue weighted by Crippen LogP contribution is -2.35. The molecule has 0 amide bonds. The van der Waals surface area contributed by atoms with Crippen LogP contribution in [0.5, 0.6) is 17.2 Å². The van der Waals surface area contributed by atoms with Crippen LogP contribution in [0.3, 0.4) is 0 Å². The molecule has 1 aliphatic heterocycles. The van der Waals surface area contributed by atoms with Crippen LogP contribution in [0.15, 0.2) is 48.5 Å². The zero-order valence-corrected chi connectivity index (χ0v) is 15.7. The van der Waals surface area contributed by atoms with Crippen LogP contribution in [0.2, 0.25) is 0 Å². The highest BCUT2D eigenvalue weighted by atomic mass is 19.4. The highest BCUT2D eigenvalue weighted by molar-refractivity contribution is 5.66. The van der Waals surface area contributed by atoms with Crippen LogP contribution in [-0.2, 0) is 11.0 Å². The van der Waals surface area contributed by atoms with Gasteiger partial charge in [0.15, 0.2) is 0 Å². The summed E-state index contributed by atoms with van der Waals surface area (Å²) in [5, 5.41) is 8.83. The first kappa shape index (κ1) is 21.0. The van der Waals surface area contributed by atoms with E-state index in [1.807, 2.05) is 0 Å². The maximum atomic E-state index is 12.6. The van der Waals surface area contributed by atoms with E-state index < -0.39 is 17.7 Å². The molecule has 1 heterocycles. The van der Waals surface area contributed by atoms with Crippen molar-refractivity contribution in [3.05, 3.63) is 54.1 Å². The molecule has 0 spiro atoms. The Hall–Kier alpha value is -2.74. The number of aliphatic carboxylic acids is 1. The van der Waals surface area contributed by atoms with Crippen molar-refractivity contribution < 1.29 is 32.5 Å². The molecule has 3 rings (SSSR count). The van der Waals surface area contributed by atoms with Crippen LogP contribution in [0.25, 0.3) is 0 Å². The van der Waals surface area contributed by atoms with Gasteiger partial charge < -0.3 is 14.6 Å². The minimum Gasteiger partial charge on any atom is -0.492 e. The minimum absolute atomic E-state index is 0.118. The zero-order chi connectivity index (χ0) is 20.9. The number of likely N-dealkylation sites (tertiary alicyclic amines) is 1. The third kappa shape index (κ3) is 6.12. The molecule has 156 valence electrons. The van der Waals surface area contributed by atoms with Crippen molar-refractivity contribution in [1.29, 1.82) is 0 Å². The zero-order valence-electron chi connectivity index (χ0n) is 15.7. The van der Waals surface area contributed by atoms with Gasteiger partial charge in [-0.05, 0) is 67.9 Å². The number of carboxylic acids is 1. The summed E-state index contributed by atoms with van der Waals surface area (Å²) in [7, 11) is 0. The summed E-state index contributed by atoms with van der Waals surface area (Å²) in [5.41, 5.74) is -0.724. The average molecular weight is 409 g/mol. The lowest BCUT2D eigenvalue weighted by molar-refractivity contribution is -0.138. The topological polar surface area (TPSA) is 59.0 Å². The van der Waals surface area contributed by atoms with E-state index in [-0.39, 0.29) is 12.5 Å². The summed E-state index contributed by atoms with van der Waals surface area (Å²) in [6, 6.07) is 11.5. The predicted molar refractivity (Wildman–Crippen MR) is 100 cm³/mol. The Bertz CT molecular complexity index is 806. The maximum absolute atomic E-state index is 12.6. The highest BCUT2D eigenvalue weighted by Gasteiger charge is 2.30. The number of carbonyl (C=O) groups is 1. The van der Waals surface area contributed by atoms with Crippen molar-refractivity contribution in [2.75, 3.05) is 19.7 Å². The summed E-state index contributed by atoms with van der Waals surface area (Å²) in [4.78, 5) is 12.9. The van der Waals surface area contributed by atoms with Crippen LogP contribution >= 0.6 is 0 Å². The Labute approximate surface area is 166 Å². The number of hydrogen-bond donors (Lipinski definition) is 1. The average Bonchev–Trinajstić information content (AvgIpc) is 3.13. The molecule has 1 atom stereocenters. The predicted octanol–water partition coefficient (Wildman–Crippen LogP) is 4.82. The molecule has 1 N–H and O–H groups in total. The Morgan fingerprint density at radius 2 is 1.62 bits per heavy atom. The summed E-state index contributed by atoms with van der Waals surface area (Å²) in [6.07, 6.45) is -2.27. The Morgan fingerprint density at radius 3 is 2.21 bits per heavy atom. The third-order valence-corrected chi connectivity index (χ3v) is 4.80. The van der Waals surface area contributed by atoms with E-state index >= 15 is 0 Å². The van der Waals surface area contributed by atoms with Crippen molar-refractivity contribution in [3.63, 3.8) is 0 Å². The van der Waals surface area contributed by atoms with E-state index in [0.29, 0.717) is 30.4 Å². The Kier molecular flexibility index (Phi) is 6.64. The van der Waals surface area contributed by atoms with Crippen molar-refractivity contribution in [2.45, 2.75) is 31.5 Å². The number of nitrogens with zero attached hydrogens (tertiary/aromatic N) is 1. The lowest BCUT2D eigenvalue weighted by Gasteiger charge is -2.23. The molecule has 0 aromatic heterocycles. The van der Waals surface area contributed by atoms with Crippen LogP contribution in [0.4, 0.5) is 13.2 Å². The second-order valence-electron chi connectivity index (χ2n) is 6.88. The molecule has 0 radical (unpaired) electrons. The number of hydrogen-bond acceptors (Lipinski definition) is 4. The Morgan fingerprint density at radius 1 is 1.03 bits per heavy atom. The molecular formula is C21H22F3NO4. The maximum Gasteiger partial charge on any atom is 0.416 e. The van der Waals surface area contributed by atoms with Gasteiger partial charge in [0.2, 0.25) is 0 Å². The van der Waals surface area contributed by atoms with Crippen molar-refractivity contribution >= 4 is 5.97 Å². The molecule has 8 heteroatoms. The highest BCUT2D eigenvalue weighted by Crippen LogP contribution is 2.31. The van der Waals surface area contributed by atoms with Crippen LogP contribution < -0.4 is 9.47 Å². The van der Waals surface area contributed by atoms with Gasteiger partial charge in [-0.1, -0.05) is 0 Å².